The van der Waals surface area contributed by atoms with Gasteiger partial charge in [-0.05, 0) is 25.7 Å². The lowest BCUT2D eigenvalue weighted by molar-refractivity contribution is -0.143. The molecular weight excluding hydrogens is 220 g/mol. The van der Waals surface area contributed by atoms with Gasteiger partial charge >= 0.3 is 11.9 Å². The van der Waals surface area contributed by atoms with Crippen molar-refractivity contribution in [2.75, 3.05) is 0 Å². The first-order valence-corrected chi connectivity index (χ1v) is 6.13. The van der Waals surface area contributed by atoms with Crippen LogP contribution >= 0.6 is 0 Å². The second kappa shape index (κ2) is 9.87. The van der Waals surface area contributed by atoms with Crippen molar-refractivity contribution in [2.24, 2.45) is 5.92 Å². The predicted molar refractivity (Wildman–Crippen MR) is 65.9 cm³/mol. The fraction of sp³-hybridized carbons (Fsp3) is 0.692. The first-order valence-electron chi connectivity index (χ1n) is 6.13. The van der Waals surface area contributed by atoms with Gasteiger partial charge in [0.15, 0.2) is 0 Å². The van der Waals surface area contributed by atoms with Gasteiger partial charge in [-0.3, -0.25) is 9.59 Å². The van der Waals surface area contributed by atoms with Crippen LogP contribution in [0.2, 0.25) is 0 Å². The Hall–Kier alpha value is -1.32. The first-order chi connectivity index (χ1) is 8.07. The van der Waals surface area contributed by atoms with Crippen molar-refractivity contribution in [3.8, 4) is 0 Å². The average molecular weight is 242 g/mol. The smallest absolute Gasteiger partial charge is 0.306 e. The van der Waals surface area contributed by atoms with Crippen molar-refractivity contribution in [3.63, 3.8) is 0 Å². The van der Waals surface area contributed by atoms with Crippen molar-refractivity contribution in [2.45, 2.75) is 51.4 Å². The van der Waals surface area contributed by atoms with Crippen LogP contribution in [0, 0.1) is 5.92 Å². The van der Waals surface area contributed by atoms with E-state index >= 15 is 0 Å². The highest BCUT2D eigenvalue weighted by Crippen LogP contribution is 2.17. The monoisotopic (exact) mass is 242 g/mol. The van der Waals surface area contributed by atoms with E-state index in [9.17, 15) is 9.59 Å². The van der Waals surface area contributed by atoms with E-state index in [4.69, 9.17) is 10.2 Å². The summed E-state index contributed by atoms with van der Waals surface area (Å²) >= 11 is 0. The van der Waals surface area contributed by atoms with E-state index in [1.165, 1.54) is 0 Å². The minimum atomic E-state index is -0.928. The molecule has 1 atom stereocenters. The molecule has 17 heavy (non-hydrogen) atoms. The van der Waals surface area contributed by atoms with E-state index in [0.717, 1.165) is 32.1 Å². The maximum Gasteiger partial charge on any atom is 0.306 e. The van der Waals surface area contributed by atoms with Crippen LogP contribution in [0.4, 0.5) is 0 Å². The van der Waals surface area contributed by atoms with E-state index in [2.05, 4.69) is 6.58 Å². The molecule has 0 spiro atoms. The van der Waals surface area contributed by atoms with E-state index in [-0.39, 0.29) is 12.8 Å². The number of carboxylic acids is 2. The molecule has 4 heteroatoms. The molecule has 0 saturated carbocycles. The molecule has 0 aromatic carbocycles. The Morgan fingerprint density at radius 1 is 1.06 bits per heavy atom. The molecular formula is C13H22O4. The van der Waals surface area contributed by atoms with Gasteiger partial charge in [0.2, 0.25) is 0 Å². The van der Waals surface area contributed by atoms with Gasteiger partial charge in [-0.15, -0.1) is 6.58 Å². The fourth-order valence-corrected chi connectivity index (χ4v) is 1.72. The van der Waals surface area contributed by atoms with Gasteiger partial charge in [-0.2, -0.15) is 0 Å². The molecule has 2 N–H and O–H groups in total. The number of hydrogen-bond donors (Lipinski definition) is 2. The van der Waals surface area contributed by atoms with E-state index in [0.29, 0.717) is 6.42 Å². The van der Waals surface area contributed by atoms with Gasteiger partial charge in [0.25, 0.3) is 0 Å². The molecule has 0 aliphatic heterocycles. The molecule has 0 aliphatic carbocycles. The van der Waals surface area contributed by atoms with Crippen molar-refractivity contribution in [1.82, 2.24) is 0 Å². The van der Waals surface area contributed by atoms with Gasteiger partial charge in [-0.1, -0.05) is 25.3 Å². The minimum absolute atomic E-state index is 0.0621. The topological polar surface area (TPSA) is 74.6 Å². The molecule has 0 radical (unpaired) electrons. The van der Waals surface area contributed by atoms with Crippen molar-refractivity contribution in [1.29, 1.82) is 0 Å². The number of carboxylic acid groups (broad SMARTS) is 2. The Labute approximate surface area is 102 Å². The zero-order valence-corrected chi connectivity index (χ0v) is 10.2. The average Bonchev–Trinajstić information content (AvgIpc) is 2.26. The SMILES string of the molecule is C=CCCCCCCC(CCC(=O)O)C(=O)O. The second-order valence-electron chi connectivity index (χ2n) is 4.25. The third kappa shape index (κ3) is 9.60. The minimum Gasteiger partial charge on any atom is -0.481 e. The summed E-state index contributed by atoms with van der Waals surface area (Å²) in [5.41, 5.74) is 0. The summed E-state index contributed by atoms with van der Waals surface area (Å²) in [6, 6.07) is 0. The zero-order chi connectivity index (χ0) is 13.1. The molecule has 4 nitrogen and oxygen atoms in total. The quantitative estimate of drug-likeness (QED) is 0.431. The van der Waals surface area contributed by atoms with E-state index in [1.54, 1.807) is 0 Å². The Bertz CT molecular complexity index is 248. The molecule has 1 unspecified atom stereocenters. The van der Waals surface area contributed by atoms with Gasteiger partial charge < -0.3 is 10.2 Å². The second-order valence-corrected chi connectivity index (χ2v) is 4.25. The molecule has 0 bridgehead atoms. The number of aliphatic carboxylic acids is 2. The largest absolute Gasteiger partial charge is 0.481 e. The molecule has 0 saturated heterocycles. The summed E-state index contributed by atoms with van der Waals surface area (Å²) in [7, 11) is 0. The van der Waals surface area contributed by atoms with Crippen LogP contribution in [0.3, 0.4) is 0 Å². The van der Waals surface area contributed by atoms with Gasteiger partial charge in [0.05, 0.1) is 5.92 Å². The number of unbranched alkanes of at least 4 members (excludes halogenated alkanes) is 4. The molecule has 0 heterocycles. The molecule has 0 amide bonds. The van der Waals surface area contributed by atoms with Crippen molar-refractivity contribution < 1.29 is 19.8 Å². The van der Waals surface area contributed by atoms with Gasteiger partial charge in [0.1, 0.15) is 0 Å². The summed E-state index contributed by atoms with van der Waals surface area (Å²) in [5.74, 6) is -2.31. The van der Waals surface area contributed by atoms with Crippen LogP contribution in [-0.4, -0.2) is 22.2 Å². The van der Waals surface area contributed by atoms with Crippen LogP contribution in [0.5, 0.6) is 0 Å². The standard InChI is InChI=1S/C13H22O4/c1-2-3-4-5-6-7-8-11(13(16)17)9-10-12(14)15/h2,11H,1,3-10H2,(H,14,15)(H,16,17). The predicted octanol–water partition coefficient (Wildman–Crippen LogP) is 3.08. The van der Waals surface area contributed by atoms with E-state index < -0.39 is 17.9 Å². The highest BCUT2D eigenvalue weighted by atomic mass is 16.4. The molecule has 0 fully saturated rings. The Morgan fingerprint density at radius 3 is 2.24 bits per heavy atom. The molecule has 0 aliphatic rings. The third-order valence-corrected chi connectivity index (χ3v) is 2.77. The summed E-state index contributed by atoms with van der Waals surface area (Å²) in [6.07, 6.45) is 7.67. The van der Waals surface area contributed by atoms with Crippen LogP contribution in [0.15, 0.2) is 12.7 Å². The molecule has 0 aromatic heterocycles. The van der Waals surface area contributed by atoms with Gasteiger partial charge in [-0.25, -0.2) is 0 Å². The lowest BCUT2D eigenvalue weighted by Gasteiger charge is -2.10. The number of hydrogen-bond acceptors (Lipinski definition) is 2. The third-order valence-electron chi connectivity index (χ3n) is 2.77. The lowest BCUT2D eigenvalue weighted by atomic mass is 9.96. The maximum atomic E-state index is 10.9. The normalized spacial score (nSPS) is 12.0. The molecule has 0 rings (SSSR count). The number of rotatable bonds is 11. The zero-order valence-electron chi connectivity index (χ0n) is 10.2. The Morgan fingerprint density at radius 2 is 1.71 bits per heavy atom. The van der Waals surface area contributed by atoms with Crippen LogP contribution in [-0.2, 0) is 9.59 Å². The summed E-state index contributed by atoms with van der Waals surface area (Å²) in [4.78, 5) is 21.2. The van der Waals surface area contributed by atoms with Crippen LogP contribution < -0.4 is 0 Å². The fourth-order valence-electron chi connectivity index (χ4n) is 1.72. The summed E-state index contributed by atoms with van der Waals surface area (Å²) < 4.78 is 0. The highest BCUT2D eigenvalue weighted by Gasteiger charge is 2.17. The number of allylic oxidation sites excluding steroid dienone is 1. The Balaban J connectivity index is 3.66. The summed E-state index contributed by atoms with van der Waals surface area (Å²) in [5, 5.41) is 17.4. The van der Waals surface area contributed by atoms with Gasteiger partial charge in [0, 0.05) is 6.42 Å². The lowest BCUT2D eigenvalue weighted by Crippen LogP contribution is -2.15. The number of carbonyl (C=O) groups is 2. The summed E-state index contributed by atoms with van der Waals surface area (Å²) in [6.45, 7) is 3.64. The first kappa shape index (κ1) is 15.7. The van der Waals surface area contributed by atoms with Crippen molar-refractivity contribution in [3.05, 3.63) is 12.7 Å². The van der Waals surface area contributed by atoms with Crippen molar-refractivity contribution >= 4 is 11.9 Å². The van der Waals surface area contributed by atoms with Crippen LogP contribution in [0.1, 0.15) is 51.4 Å². The molecule has 0 aromatic rings. The highest BCUT2D eigenvalue weighted by molar-refractivity contribution is 5.72. The van der Waals surface area contributed by atoms with E-state index in [1.807, 2.05) is 6.08 Å². The molecule has 98 valence electrons. The maximum absolute atomic E-state index is 10.9. The van der Waals surface area contributed by atoms with Crippen LogP contribution in [0.25, 0.3) is 0 Å². The Kier molecular flexibility index (Phi) is 9.11.